The highest BCUT2D eigenvalue weighted by atomic mass is 35.5. The fourth-order valence-corrected chi connectivity index (χ4v) is 3.18. The van der Waals surface area contributed by atoms with Crippen LogP contribution in [-0.4, -0.2) is 18.4 Å². The van der Waals surface area contributed by atoms with Crippen LogP contribution in [0.5, 0.6) is 0 Å². The normalized spacial score (nSPS) is 18.7. The number of nitrogens with zero attached hydrogens (tertiary/aromatic N) is 2. The minimum Gasteiger partial charge on any atom is -0.294 e. The van der Waals surface area contributed by atoms with Crippen LogP contribution in [0, 0.1) is 5.92 Å². The van der Waals surface area contributed by atoms with E-state index in [-0.39, 0.29) is 12.1 Å². The van der Waals surface area contributed by atoms with Crippen molar-refractivity contribution in [2.75, 3.05) is 11.4 Å². The summed E-state index contributed by atoms with van der Waals surface area (Å²) in [6, 6.07) is 14.5. The molecule has 2 aromatic carbocycles. The van der Waals surface area contributed by atoms with Gasteiger partial charge in [0.05, 0.1) is 10.0 Å². The summed E-state index contributed by atoms with van der Waals surface area (Å²) >= 11 is 12.2. The summed E-state index contributed by atoms with van der Waals surface area (Å²) in [5.41, 5.74) is 1.67. The summed E-state index contributed by atoms with van der Waals surface area (Å²) in [4.78, 5) is 19.1. The van der Waals surface area contributed by atoms with Crippen molar-refractivity contribution in [3.05, 3.63) is 64.1 Å². The molecule has 0 radical (unpaired) electrons. The number of carbonyl (C=O) groups is 1. The van der Waals surface area contributed by atoms with Gasteiger partial charge in [-0.3, -0.25) is 15.2 Å². The number of rotatable bonds is 5. The minimum atomic E-state index is -0.312. The zero-order chi connectivity index (χ0) is 18.7. The fraction of sp³-hybridized carbons (Fsp3) is 0.300. The molecule has 0 spiro atoms. The first-order chi connectivity index (χ1) is 12.5. The number of nitrogens with one attached hydrogen (secondary N) is 1. The number of amidine groups is 1. The van der Waals surface area contributed by atoms with Crippen LogP contribution in [0.25, 0.3) is 0 Å². The van der Waals surface area contributed by atoms with Crippen LogP contribution in [-0.2, 0) is 0 Å². The molecule has 0 bridgehead atoms. The molecule has 1 fully saturated rings. The van der Waals surface area contributed by atoms with E-state index in [4.69, 9.17) is 23.2 Å². The molecule has 2 amide bonds. The van der Waals surface area contributed by atoms with Crippen LogP contribution in [0.4, 0.5) is 10.5 Å². The summed E-state index contributed by atoms with van der Waals surface area (Å²) in [6.07, 6.45) is 0.966. The first kappa shape index (κ1) is 18.7. The Hall–Kier alpha value is -2.04. The van der Waals surface area contributed by atoms with Gasteiger partial charge in [-0.15, -0.1) is 0 Å². The van der Waals surface area contributed by atoms with Gasteiger partial charge in [-0.25, -0.2) is 4.79 Å². The number of anilines is 1. The SMILES string of the molecule is CC(C)CCN=C1NC(=O)N(c2ccc(Cl)c(Cl)c2)C1c1ccccc1. The van der Waals surface area contributed by atoms with Crippen molar-refractivity contribution in [3.63, 3.8) is 0 Å². The molecule has 26 heavy (non-hydrogen) atoms. The van der Waals surface area contributed by atoms with Crippen molar-refractivity contribution in [3.8, 4) is 0 Å². The molecular weight excluding hydrogens is 369 g/mol. The van der Waals surface area contributed by atoms with Crippen molar-refractivity contribution < 1.29 is 4.79 Å². The van der Waals surface area contributed by atoms with E-state index in [0.29, 0.717) is 34.0 Å². The van der Waals surface area contributed by atoms with Crippen molar-refractivity contribution >= 4 is 40.8 Å². The Morgan fingerprint density at radius 1 is 1.12 bits per heavy atom. The number of hydrogen-bond acceptors (Lipinski definition) is 2. The summed E-state index contributed by atoms with van der Waals surface area (Å²) < 4.78 is 0. The largest absolute Gasteiger partial charge is 0.328 e. The first-order valence-corrected chi connectivity index (χ1v) is 9.37. The Morgan fingerprint density at radius 3 is 2.50 bits per heavy atom. The zero-order valence-electron chi connectivity index (χ0n) is 14.7. The van der Waals surface area contributed by atoms with E-state index in [1.54, 1.807) is 23.1 Å². The lowest BCUT2D eigenvalue weighted by atomic mass is 10.0. The van der Waals surface area contributed by atoms with Gasteiger partial charge in [-0.2, -0.15) is 0 Å². The third-order valence-corrected chi connectivity index (χ3v) is 5.00. The van der Waals surface area contributed by atoms with Crippen LogP contribution in [0.2, 0.25) is 10.0 Å². The topological polar surface area (TPSA) is 44.7 Å². The monoisotopic (exact) mass is 389 g/mol. The quantitative estimate of drug-likeness (QED) is 0.698. The highest BCUT2D eigenvalue weighted by Crippen LogP contribution is 2.35. The van der Waals surface area contributed by atoms with Crippen molar-refractivity contribution in [1.82, 2.24) is 5.32 Å². The Morgan fingerprint density at radius 2 is 1.85 bits per heavy atom. The second kappa shape index (κ2) is 8.11. The van der Waals surface area contributed by atoms with Gasteiger partial charge in [0.15, 0.2) is 0 Å². The number of carbonyl (C=O) groups excluding carboxylic acids is 1. The maximum atomic E-state index is 12.7. The maximum absolute atomic E-state index is 12.7. The molecule has 1 heterocycles. The van der Waals surface area contributed by atoms with E-state index in [1.807, 2.05) is 30.3 Å². The Kier molecular flexibility index (Phi) is 5.84. The Bertz CT molecular complexity index is 821. The highest BCUT2D eigenvalue weighted by Gasteiger charge is 2.38. The molecule has 1 N–H and O–H groups in total. The third kappa shape index (κ3) is 4.02. The van der Waals surface area contributed by atoms with Crippen LogP contribution in [0.1, 0.15) is 31.9 Å². The van der Waals surface area contributed by atoms with Crippen LogP contribution < -0.4 is 10.2 Å². The van der Waals surface area contributed by atoms with Gasteiger partial charge in [0.1, 0.15) is 11.9 Å². The van der Waals surface area contributed by atoms with Gasteiger partial charge in [0.2, 0.25) is 0 Å². The van der Waals surface area contributed by atoms with Gasteiger partial charge in [-0.05, 0) is 36.1 Å². The van der Waals surface area contributed by atoms with Gasteiger partial charge in [0.25, 0.3) is 0 Å². The minimum absolute atomic E-state index is 0.222. The van der Waals surface area contributed by atoms with Crippen molar-refractivity contribution in [2.45, 2.75) is 26.3 Å². The molecule has 4 nitrogen and oxygen atoms in total. The summed E-state index contributed by atoms with van der Waals surface area (Å²) in [6.45, 7) is 4.99. The molecule has 136 valence electrons. The van der Waals surface area contributed by atoms with E-state index in [1.165, 1.54) is 0 Å². The second-order valence-electron chi connectivity index (χ2n) is 6.66. The van der Waals surface area contributed by atoms with Crippen molar-refractivity contribution in [2.24, 2.45) is 10.9 Å². The van der Waals surface area contributed by atoms with Gasteiger partial charge < -0.3 is 0 Å². The number of halogens is 2. The second-order valence-corrected chi connectivity index (χ2v) is 7.48. The number of urea groups is 1. The Balaban J connectivity index is 2.01. The van der Waals surface area contributed by atoms with E-state index in [9.17, 15) is 4.79 Å². The number of amides is 2. The standard InChI is InChI=1S/C20H21Cl2N3O/c1-13(2)10-11-23-19-18(14-6-4-3-5-7-14)25(20(26)24-19)15-8-9-16(21)17(22)12-15/h3-9,12-13,18H,10-11H2,1-2H3,(H,23,24,26). The molecule has 0 aromatic heterocycles. The third-order valence-electron chi connectivity index (χ3n) is 4.26. The fourth-order valence-electron chi connectivity index (χ4n) is 2.89. The maximum Gasteiger partial charge on any atom is 0.328 e. The summed E-state index contributed by atoms with van der Waals surface area (Å²) in [7, 11) is 0. The Labute approximate surface area is 163 Å². The lowest BCUT2D eigenvalue weighted by molar-refractivity contribution is 0.252. The zero-order valence-corrected chi connectivity index (χ0v) is 16.3. The average molecular weight is 390 g/mol. The van der Waals surface area contributed by atoms with E-state index >= 15 is 0 Å². The lowest BCUT2D eigenvalue weighted by Crippen LogP contribution is -2.29. The van der Waals surface area contributed by atoms with Gasteiger partial charge in [-0.1, -0.05) is 67.4 Å². The smallest absolute Gasteiger partial charge is 0.294 e. The number of benzene rings is 2. The summed E-state index contributed by atoms with van der Waals surface area (Å²) in [5, 5.41) is 3.79. The van der Waals surface area contributed by atoms with Crippen LogP contribution in [0.3, 0.4) is 0 Å². The average Bonchev–Trinajstić information content (AvgIpc) is 2.94. The molecule has 0 aliphatic carbocycles. The van der Waals surface area contributed by atoms with E-state index in [2.05, 4.69) is 24.2 Å². The van der Waals surface area contributed by atoms with Crippen LogP contribution >= 0.6 is 23.2 Å². The summed E-state index contributed by atoms with van der Waals surface area (Å²) in [5.74, 6) is 1.21. The molecule has 1 atom stereocenters. The molecule has 2 aromatic rings. The van der Waals surface area contributed by atoms with E-state index in [0.717, 1.165) is 12.0 Å². The molecule has 1 aliphatic rings. The molecule has 6 heteroatoms. The van der Waals surface area contributed by atoms with Crippen LogP contribution in [0.15, 0.2) is 53.5 Å². The van der Waals surface area contributed by atoms with E-state index < -0.39 is 0 Å². The van der Waals surface area contributed by atoms with Crippen molar-refractivity contribution in [1.29, 1.82) is 0 Å². The lowest BCUT2D eigenvalue weighted by Gasteiger charge is -2.23. The molecule has 1 saturated heterocycles. The van der Waals surface area contributed by atoms with Gasteiger partial charge in [0, 0.05) is 12.2 Å². The molecule has 1 aliphatic heterocycles. The molecule has 3 rings (SSSR count). The highest BCUT2D eigenvalue weighted by molar-refractivity contribution is 6.42. The predicted octanol–water partition coefficient (Wildman–Crippen LogP) is 5.71. The molecular formula is C20H21Cl2N3O. The molecule has 0 saturated carbocycles. The number of aliphatic imine (C=N–C) groups is 1. The molecule has 1 unspecified atom stereocenters. The number of hydrogen-bond donors (Lipinski definition) is 1. The first-order valence-electron chi connectivity index (χ1n) is 8.62. The predicted molar refractivity (Wildman–Crippen MR) is 108 cm³/mol. The van der Waals surface area contributed by atoms with Gasteiger partial charge >= 0.3 is 6.03 Å².